The van der Waals surface area contributed by atoms with Crippen LogP contribution in [0.5, 0.6) is 0 Å². The van der Waals surface area contributed by atoms with Crippen molar-refractivity contribution in [2.24, 2.45) is 0 Å². The van der Waals surface area contributed by atoms with Crippen LogP contribution in [-0.4, -0.2) is 26.6 Å². The van der Waals surface area contributed by atoms with Gasteiger partial charge < -0.3 is 0 Å². The molecule has 0 saturated heterocycles. The zero-order chi connectivity index (χ0) is 8.36. The molecule has 0 fully saturated rings. The van der Waals surface area contributed by atoms with Crippen molar-refractivity contribution in [1.29, 1.82) is 0 Å². The summed E-state index contributed by atoms with van der Waals surface area (Å²) in [5, 5.41) is 0. The van der Waals surface area contributed by atoms with Gasteiger partial charge in [0.2, 0.25) is 0 Å². The lowest BCUT2D eigenvalue weighted by Crippen LogP contribution is -2.11. The zero-order valence-electron chi connectivity index (χ0n) is 7.74. The van der Waals surface area contributed by atoms with Gasteiger partial charge in [-0.1, -0.05) is 51.6 Å². The predicted molar refractivity (Wildman–Crippen MR) is 56.7 cm³/mol. The minimum atomic E-state index is 1.29. The van der Waals surface area contributed by atoms with Gasteiger partial charge in [-0.15, -0.1) is 0 Å². The first-order chi connectivity index (χ1) is 5.41. The highest BCUT2D eigenvalue weighted by Crippen LogP contribution is 1.94. The van der Waals surface area contributed by atoms with Gasteiger partial charge in [0.15, 0.2) is 0 Å². The molecule has 11 heavy (non-hydrogen) atoms. The Morgan fingerprint density at radius 1 is 0.818 bits per heavy atom. The van der Waals surface area contributed by atoms with Crippen molar-refractivity contribution in [2.45, 2.75) is 51.6 Å². The molecule has 6 radical (unpaired) electrons. The van der Waals surface area contributed by atoms with E-state index in [0.717, 1.165) is 0 Å². The van der Waals surface area contributed by atoms with Crippen LogP contribution in [0.25, 0.3) is 0 Å². The minimum absolute atomic E-state index is 1.29. The Kier molecular flexibility index (Phi) is 11.3. The van der Waals surface area contributed by atoms with E-state index in [0.29, 0.717) is 0 Å². The number of hydrogen-bond donors (Lipinski definition) is 0. The van der Waals surface area contributed by atoms with Crippen LogP contribution in [0.15, 0.2) is 0 Å². The summed E-state index contributed by atoms with van der Waals surface area (Å²) in [6.07, 6.45) is 5.69. The van der Waals surface area contributed by atoms with Crippen LogP contribution in [0, 0.1) is 0 Å². The summed E-state index contributed by atoms with van der Waals surface area (Å²) in [5.74, 6) is 0. The maximum Gasteiger partial charge on any atom is 0.0183 e. The Morgan fingerprint density at radius 2 is 1.27 bits per heavy atom. The first kappa shape index (κ1) is 11.7. The van der Waals surface area contributed by atoms with E-state index in [2.05, 4.69) is 13.8 Å². The average Bonchev–Trinajstić information content (AvgIpc) is 2.03. The Labute approximate surface area is 78.6 Å². The first-order valence-electron chi connectivity index (χ1n) is 4.62. The topological polar surface area (TPSA) is 0 Å². The molecule has 0 heterocycles. The summed E-state index contributed by atoms with van der Waals surface area (Å²) in [4.78, 5) is 0. The molecule has 3 heteroatoms. The Hall–Kier alpha value is 0.651. The predicted octanol–water partition coefficient (Wildman–Crippen LogP) is 2.37. The Morgan fingerprint density at radius 3 is 1.64 bits per heavy atom. The third kappa shape index (κ3) is 10.7. The molecule has 0 atom stereocenters. The highest BCUT2D eigenvalue weighted by molar-refractivity contribution is 7.29. The van der Waals surface area contributed by atoms with Crippen molar-refractivity contribution in [1.82, 2.24) is 0 Å². The summed E-state index contributed by atoms with van der Waals surface area (Å²) in [7, 11) is 3.89. The molecule has 0 unspecified atom stereocenters. The monoisotopic (exact) mass is 198 g/mol. The molecule has 0 saturated carbocycles. The van der Waals surface area contributed by atoms with Crippen molar-refractivity contribution in [2.75, 3.05) is 0 Å². The third-order valence-electron chi connectivity index (χ3n) is 1.49. The smallest absolute Gasteiger partial charge is 0.0183 e. The molecule has 62 valence electrons. The fourth-order valence-corrected chi connectivity index (χ4v) is 7.71. The van der Waals surface area contributed by atoms with Crippen LogP contribution in [0.1, 0.15) is 39.5 Å². The van der Waals surface area contributed by atoms with Gasteiger partial charge in [-0.05, 0) is 0 Å². The van der Waals surface area contributed by atoms with E-state index in [1.165, 1.54) is 64.4 Å². The molecule has 0 N–H and O–H groups in total. The number of unbranched alkanes of at least 4 members (excludes halogenated alkanes) is 2. The standard InChI is InChI=1S/C8H18Si3/c1-3-5-7-9-11-10-8-6-4-2/h3-8H2,1-2H3. The molecule has 0 aromatic carbocycles. The number of hydrogen-bond acceptors (Lipinski definition) is 0. The average molecular weight is 198 g/mol. The highest BCUT2D eigenvalue weighted by Gasteiger charge is 1.92. The Balaban J connectivity index is 2.69. The second-order valence-electron chi connectivity index (χ2n) is 2.69. The van der Waals surface area contributed by atoms with Gasteiger partial charge in [-0.25, -0.2) is 0 Å². The van der Waals surface area contributed by atoms with Crippen molar-refractivity contribution in [3.63, 3.8) is 0 Å². The second-order valence-corrected chi connectivity index (χ2v) is 9.76. The third-order valence-corrected chi connectivity index (χ3v) is 8.79. The maximum atomic E-state index is 2.28. The van der Waals surface area contributed by atoms with Gasteiger partial charge >= 0.3 is 0 Å². The number of rotatable bonds is 8. The van der Waals surface area contributed by atoms with Crippen molar-refractivity contribution in [3.05, 3.63) is 0 Å². The lowest BCUT2D eigenvalue weighted by molar-refractivity contribution is 0.881. The maximum absolute atomic E-state index is 2.28. The van der Waals surface area contributed by atoms with Crippen LogP contribution >= 0.6 is 0 Å². The van der Waals surface area contributed by atoms with E-state index >= 15 is 0 Å². The van der Waals surface area contributed by atoms with E-state index in [4.69, 9.17) is 0 Å². The Bertz CT molecular complexity index is 58.4. The van der Waals surface area contributed by atoms with Gasteiger partial charge in [0.05, 0.1) is 0 Å². The molecule has 0 amide bonds. The van der Waals surface area contributed by atoms with E-state index < -0.39 is 0 Å². The largest absolute Gasteiger partial charge is 0.0654 e. The molecule has 0 aliphatic rings. The van der Waals surface area contributed by atoms with Crippen LogP contribution in [0.3, 0.4) is 0 Å². The molecule has 0 bridgehead atoms. The van der Waals surface area contributed by atoms with Gasteiger partial charge in [0.25, 0.3) is 0 Å². The molecule has 0 aliphatic carbocycles. The summed E-state index contributed by atoms with van der Waals surface area (Å²) < 4.78 is 0. The van der Waals surface area contributed by atoms with Crippen LogP contribution in [0.2, 0.25) is 12.1 Å². The molecule has 0 aromatic rings. The van der Waals surface area contributed by atoms with E-state index in [9.17, 15) is 0 Å². The van der Waals surface area contributed by atoms with Crippen molar-refractivity contribution >= 4 is 26.6 Å². The molecule has 0 aromatic heterocycles. The molecule has 0 aliphatic heterocycles. The normalized spacial score (nSPS) is 10.4. The van der Waals surface area contributed by atoms with E-state index in [1.54, 1.807) is 0 Å². The van der Waals surface area contributed by atoms with Gasteiger partial charge in [-0.3, -0.25) is 0 Å². The molecular weight excluding hydrogens is 180 g/mol. The minimum Gasteiger partial charge on any atom is -0.0654 e. The molecule has 0 nitrogen and oxygen atoms in total. The molecule has 0 rings (SSSR count). The van der Waals surface area contributed by atoms with E-state index in [1.807, 2.05) is 0 Å². The zero-order valence-corrected chi connectivity index (χ0v) is 10.7. The second kappa shape index (κ2) is 10.7. The van der Waals surface area contributed by atoms with Crippen LogP contribution in [-0.2, 0) is 0 Å². The van der Waals surface area contributed by atoms with Gasteiger partial charge in [0, 0.05) is 26.6 Å². The first-order valence-corrected chi connectivity index (χ1v) is 10.0. The quantitative estimate of drug-likeness (QED) is 0.415. The van der Waals surface area contributed by atoms with E-state index in [-0.39, 0.29) is 0 Å². The lowest BCUT2D eigenvalue weighted by atomic mass is 10.4. The fourth-order valence-electron chi connectivity index (χ4n) is 0.718. The van der Waals surface area contributed by atoms with Gasteiger partial charge in [-0.2, -0.15) is 0 Å². The van der Waals surface area contributed by atoms with Crippen LogP contribution < -0.4 is 0 Å². The summed E-state index contributed by atoms with van der Waals surface area (Å²) in [5.41, 5.74) is 0. The summed E-state index contributed by atoms with van der Waals surface area (Å²) >= 11 is 0. The molecule has 0 spiro atoms. The lowest BCUT2D eigenvalue weighted by Gasteiger charge is -1.96. The summed E-state index contributed by atoms with van der Waals surface area (Å²) in [6, 6.07) is 3.02. The van der Waals surface area contributed by atoms with Gasteiger partial charge in [0.1, 0.15) is 0 Å². The van der Waals surface area contributed by atoms with Crippen molar-refractivity contribution < 1.29 is 0 Å². The molecular formula is C8H18Si3. The fraction of sp³-hybridized carbons (Fsp3) is 1.00. The SMILES string of the molecule is CCCC[Si][Si][Si]CCCC. The van der Waals surface area contributed by atoms with Crippen molar-refractivity contribution in [3.8, 4) is 0 Å². The summed E-state index contributed by atoms with van der Waals surface area (Å²) in [6.45, 7) is 4.57. The van der Waals surface area contributed by atoms with Crippen LogP contribution in [0.4, 0.5) is 0 Å². The highest BCUT2D eigenvalue weighted by atomic mass is 29.5.